The van der Waals surface area contributed by atoms with Crippen molar-refractivity contribution in [2.75, 3.05) is 11.1 Å². The molecule has 2 aromatic rings. The molecule has 3 N–H and O–H groups in total. The zero-order chi connectivity index (χ0) is 12.4. The van der Waals surface area contributed by atoms with Crippen molar-refractivity contribution in [1.29, 1.82) is 0 Å². The van der Waals surface area contributed by atoms with E-state index in [1.165, 1.54) is 0 Å². The van der Waals surface area contributed by atoms with Gasteiger partial charge >= 0.3 is 0 Å². The molecule has 90 valence electrons. The number of fused-ring (bicyclic) bond motifs is 1. The summed E-state index contributed by atoms with van der Waals surface area (Å²) in [4.78, 5) is 4.33. The number of benzene rings is 1. The van der Waals surface area contributed by atoms with Crippen molar-refractivity contribution in [1.82, 2.24) is 4.98 Å². The number of aromatic nitrogens is 1. The first-order valence-corrected chi connectivity index (χ1v) is 5.99. The molecule has 0 radical (unpaired) electrons. The normalized spacial score (nSPS) is 12.9. The summed E-state index contributed by atoms with van der Waals surface area (Å²) in [6.45, 7) is 6.55. The van der Waals surface area contributed by atoms with E-state index in [-0.39, 0.29) is 0 Å². The molecule has 1 aromatic carbocycles. The van der Waals surface area contributed by atoms with Crippen molar-refractivity contribution in [3.63, 3.8) is 0 Å². The fraction of sp³-hybridized carbons (Fsp3) is 0.357. The minimum absolute atomic E-state index is 0.378. The van der Waals surface area contributed by atoms with Crippen LogP contribution < -0.4 is 11.1 Å². The Balaban J connectivity index is 2.48. The molecule has 1 heterocycles. The van der Waals surface area contributed by atoms with Crippen LogP contribution in [0.2, 0.25) is 0 Å². The van der Waals surface area contributed by atoms with Gasteiger partial charge in [0.15, 0.2) is 0 Å². The number of hydrogen-bond acceptors (Lipinski definition) is 3. The predicted molar refractivity (Wildman–Crippen MR) is 74.1 cm³/mol. The van der Waals surface area contributed by atoms with Crippen LogP contribution in [0.25, 0.3) is 10.9 Å². The summed E-state index contributed by atoms with van der Waals surface area (Å²) in [5.74, 6) is 0.557. The number of nitrogens with one attached hydrogen (secondary N) is 1. The number of para-hydroxylation sites is 1. The van der Waals surface area contributed by atoms with Crippen LogP contribution in [0.4, 0.5) is 11.4 Å². The lowest BCUT2D eigenvalue weighted by atomic mass is 10.1. The van der Waals surface area contributed by atoms with E-state index in [2.05, 4.69) is 31.1 Å². The molecular weight excluding hydrogens is 210 g/mol. The van der Waals surface area contributed by atoms with Gasteiger partial charge in [0.25, 0.3) is 0 Å². The first-order chi connectivity index (χ1) is 8.09. The Bertz CT molecular complexity index is 520. The Morgan fingerprint density at radius 3 is 2.59 bits per heavy atom. The average Bonchev–Trinajstić information content (AvgIpc) is 2.32. The highest BCUT2D eigenvalue weighted by atomic mass is 14.9. The summed E-state index contributed by atoms with van der Waals surface area (Å²) in [6, 6.07) is 8.42. The molecule has 0 saturated heterocycles. The predicted octanol–water partition coefficient (Wildman–Crippen LogP) is 3.27. The maximum atomic E-state index is 6.01. The Hall–Kier alpha value is -1.77. The van der Waals surface area contributed by atoms with E-state index in [4.69, 9.17) is 5.73 Å². The lowest BCUT2D eigenvalue weighted by Crippen LogP contribution is -2.22. The third kappa shape index (κ3) is 2.33. The average molecular weight is 229 g/mol. The van der Waals surface area contributed by atoms with Crippen LogP contribution in [0.5, 0.6) is 0 Å². The van der Waals surface area contributed by atoms with Gasteiger partial charge in [0.05, 0.1) is 23.1 Å². The largest absolute Gasteiger partial charge is 0.396 e. The molecule has 3 heteroatoms. The standard InChI is InChI=1S/C14H19N3/c1-9(2)10(3)17-14-11-6-4-5-7-13(11)16-8-12(14)15/h4-10H,15H2,1-3H3,(H,16,17). The summed E-state index contributed by atoms with van der Waals surface area (Å²) < 4.78 is 0. The molecule has 1 unspecified atom stereocenters. The molecule has 3 nitrogen and oxygen atoms in total. The maximum Gasteiger partial charge on any atom is 0.0743 e. The van der Waals surface area contributed by atoms with E-state index in [0.29, 0.717) is 17.6 Å². The van der Waals surface area contributed by atoms with Crippen LogP contribution in [0, 0.1) is 5.92 Å². The molecule has 0 spiro atoms. The summed E-state index contributed by atoms with van der Waals surface area (Å²) in [7, 11) is 0. The summed E-state index contributed by atoms with van der Waals surface area (Å²) in [6.07, 6.45) is 1.72. The second-order valence-electron chi connectivity index (χ2n) is 4.78. The molecule has 0 aliphatic carbocycles. The van der Waals surface area contributed by atoms with E-state index in [1.807, 2.05) is 24.3 Å². The van der Waals surface area contributed by atoms with Crippen LogP contribution >= 0.6 is 0 Å². The van der Waals surface area contributed by atoms with E-state index in [0.717, 1.165) is 16.6 Å². The number of nitrogens with zero attached hydrogens (tertiary/aromatic N) is 1. The van der Waals surface area contributed by atoms with Crippen molar-refractivity contribution in [2.24, 2.45) is 5.92 Å². The van der Waals surface area contributed by atoms with Gasteiger partial charge in [-0.15, -0.1) is 0 Å². The van der Waals surface area contributed by atoms with Gasteiger partial charge in [-0.1, -0.05) is 32.0 Å². The molecule has 0 aliphatic rings. The molecule has 0 saturated carbocycles. The van der Waals surface area contributed by atoms with Gasteiger partial charge in [-0.2, -0.15) is 0 Å². The minimum Gasteiger partial charge on any atom is -0.396 e. The number of anilines is 2. The zero-order valence-corrected chi connectivity index (χ0v) is 10.6. The molecule has 1 atom stereocenters. The van der Waals surface area contributed by atoms with E-state index >= 15 is 0 Å². The number of rotatable bonds is 3. The fourth-order valence-electron chi connectivity index (χ4n) is 1.71. The van der Waals surface area contributed by atoms with Crippen LogP contribution in [-0.4, -0.2) is 11.0 Å². The van der Waals surface area contributed by atoms with Gasteiger partial charge in [0, 0.05) is 11.4 Å². The molecule has 17 heavy (non-hydrogen) atoms. The smallest absolute Gasteiger partial charge is 0.0743 e. The van der Waals surface area contributed by atoms with Crippen LogP contribution in [-0.2, 0) is 0 Å². The Morgan fingerprint density at radius 2 is 1.88 bits per heavy atom. The number of nitrogens with two attached hydrogens (primary N) is 1. The molecule has 0 bridgehead atoms. The van der Waals surface area contributed by atoms with Gasteiger partial charge in [0.2, 0.25) is 0 Å². The molecule has 1 aromatic heterocycles. The third-order valence-corrected chi connectivity index (χ3v) is 3.18. The molecule has 2 rings (SSSR count). The number of hydrogen-bond donors (Lipinski definition) is 2. The van der Waals surface area contributed by atoms with Gasteiger partial charge < -0.3 is 11.1 Å². The third-order valence-electron chi connectivity index (χ3n) is 3.18. The number of pyridine rings is 1. The second kappa shape index (κ2) is 4.62. The van der Waals surface area contributed by atoms with Crippen LogP contribution in [0.3, 0.4) is 0 Å². The van der Waals surface area contributed by atoms with Crippen molar-refractivity contribution < 1.29 is 0 Å². The highest BCUT2D eigenvalue weighted by Gasteiger charge is 2.11. The topological polar surface area (TPSA) is 50.9 Å². The molecule has 0 aliphatic heterocycles. The molecular formula is C14H19N3. The van der Waals surface area contributed by atoms with Gasteiger partial charge in [-0.3, -0.25) is 4.98 Å². The molecule has 0 amide bonds. The SMILES string of the molecule is CC(C)C(C)Nc1c(N)cnc2ccccc12. The monoisotopic (exact) mass is 229 g/mol. The Kier molecular flexibility index (Phi) is 3.18. The first-order valence-electron chi connectivity index (χ1n) is 5.99. The van der Waals surface area contributed by atoms with Crippen molar-refractivity contribution in [2.45, 2.75) is 26.8 Å². The molecule has 0 fully saturated rings. The summed E-state index contributed by atoms with van der Waals surface area (Å²) in [5.41, 5.74) is 8.68. The fourth-order valence-corrected chi connectivity index (χ4v) is 1.71. The van der Waals surface area contributed by atoms with E-state index in [9.17, 15) is 0 Å². The quantitative estimate of drug-likeness (QED) is 0.849. The highest BCUT2D eigenvalue weighted by Crippen LogP contribution is 2.28. The van der Waals surface area contributed by atoms with E-state index < -0.39 is 0 Å². The Morgan fingerprint density at radius 1 is 1.18 bits per heavy atom. The first kappa shape index (κ1) is 11.7. The lowest BCUT2D eigenvalue weighted by Gasteiger charge is -2.21. The van der Waals surface area contributed by atoms with Crippen LogP contribution in [0.15, 0.2) is 30.5 Å². The van der Waals surface area contributed by atoms with Gasteiger partial charge in [-0.05, 0) is 18.9 Å². The van der Waals surface area contributed by atoms with E-state index in [1.54, 1.807) is 6.20 Å². The lowest BCUT2D eigenvalue weighted by molar-refractivity contribution is 0.560. The van der Waals surface area contributed by atoms with Crippen LogP contribution in [0.1, 0.15) is 20.8 Å². The van der Waals surface area contributed by atoms with Crippen molar-refractivity contribution >= 4 is 22.3 Å². The highest BCUT2D eigenvalue weighted by molar-refractivity contribution is 5.96. The second-order valence-corrected chi connectivity index (χ2v) is 4.78. The maximum absolute atomic E-state index is 6.01. The van der Waals surface area contributed by atoms with Gasteiger partial charge in [0.1, 0.15) is 0 Å². The zero-order valence-electron chi connectivity index (χ0n) is 10.6. The van der Waals surface area contributed by atoms with Gasteiger partial charge in [-0.25, -0.2) is 0 Å². The number of nitrogen functional groups attached to an aromatic ring is 1. The summed E-state index contributed by atoms with van der Waals surface area (Å²) in [5, 5.41) is 4.57. The van der Waals surface area contributed by atoms with Crippen molar-refractivity contribution in [3.8, 4) is 0 Å². The van der Waals surface area contributed by atoms with Crippen molar-refractivity contribution in [3.05, 3.63) is 30.5 Å². The Labute approximate surface area is 102 Å². The summed E-state index contributed by atoms with van der Waals surface area (Å²) >= 11 is 0. The minimum atomic E-state index is 0.378.